The van der Waals surface area contributed by atoms with Crippen molar-refractivity contribution < 1.29 is 14.3 Å². The Morgan fingerprint density at radius 2 is 1.74 bits per heavy atom. The fourth-order valence-corrected chi connectivity index (χ4v) is 2.47. The van der Waals surface area contributed by atoms with Crippen molar-refractivity contribution in [1.82, 2.24) is 5.32 Å². The van der Waals surface area contributed by atoms with Gasteiger partial charge in [-0.15, -0.1) is 0 Å². The second-order valence-electron chi connectivity index (χ2n) is 5.38. The third kappa shape index (κ3) is 4.74. The molecule has 1 amide bonds. The number of nitrogens with one attached hydrogen (secondary N) is 1. The van der Waals surface area contributed by atoms with E-state index >= 15 is 0 Å². The second-order valence-corrected chi connectivity index (χ2v) is 5.38. The normalized spacial score (nSPS) is 11.6. The molecule has 0 fully saturated rings. The van der Waals surface area contributed by atoms with Crippen LogP contribution in [0.25, 0.3) is 0 Å². The summed E-state index contributed by atoms with van der Waals surface area (Å²) in [6.45, 7) is 1.96. The number of hydrogen-bond acceptors (Lipinski definition) is 3. The Balaban J connectivity index is 1.88. The van der Waals surface area contributed by atoms with E-state index in [-0.39, 0.29) is 11.9 Å². The predicted octanol–water partition coefficient (Wildman–Crippen LogP) is 3.51. The average molecular weight is 313 g/mol. The summed E-state index contributed by atoms with van der Waals surface area (Å²) in [4.78, 5) is 12.1. The van der Waals surface area contributed by atoms with Crippen LogP contribution in [-0.2, 0) is 11.2 Å². The predicted molar refractivity (Wildman–Crippen MR) is 90.9 cm³/mol. The molecule has 0 bridgehead atoms. The highest BCUT2D eigenvalue weighted by molar-refractivity contribution is 5.76. The average Bonchev–Trinajstić information content (AvgIpc) is 2.60. The van der Waals surface area contributed by atoms with Gasteiger partial charge in [0.05, 0.1) is 20.3 Å². The van der Waals surface area contributed by atoms with E-state index in [1.807, 2.05) is 55.5 Å². The number of para-hydroxylation sites is 1. The fraction of sp³-hybridized carbons (Fsp3) is 0.316. The zero-order valence-corrected chi connectivity index (χ0v) is 13.8. The summed E-state index contributed by atoms with van der Waals surface area (Å²) >= 11 is 0. The van der Waals surface area contributed by atoms with E-state index in [4.69, 9.17) is 9.47 Å². The van der Waals surface area contributed by atoms with Gasteiger partial charge in [-0.3, -0.25) is 4.79 Å². The van der Waals surface area contributed by atoms with Crippen LogP contribution < -0.4 is 14.8 Å². The van der Waals surface area contributed by atoms with E-state index in [0.717, 1.165) is 22.6 Å². The number of carbonyl (C=O) groups is 1. The number of rotatable bonds is 7. The Kier molecular flexibility index (Phi) is 6.03. The highest BCUT2D eigenvalue weighted by atomic mass is 16.5. The van der Waals surface area contributed by atoms with Gasteiger partial charge in [-0.2, -0.15) is 0 Å². The van der Waals surface area contributed by atoms with Crippen LogP contribution in [0, 0.1) is 0 Å². The Morgan fingerprint density at radius 3 is 2.39 bits per heavy atom. The highest BCUT2D eigenvalue weighted by Gasteiger charge is 2.13. The summed E-state index contributed by atoms with van der Waals surface area (Å²) in [6.07, 6.45) is 1.15. The lowest BCUT2D eigenvalue weighted by atomic mass is 10.1. The number of hydrogen-bond donors (Lipinski definition) is 1. The van der Waals surface area contributed by atoms with Crippen molar-refractivity contribution >= 4 is 5.91 Å². The number of amides is 1. The second kappa shape index (κ2) is 8.22. The topological polar surface area (TPSA) is 47.6 Å². The number of benzene rings is 2. The van der Waals surface area contributed by atoms with Crippen LogP contribution in [0.3, 0.4) is 0 Å². The van der Waals surface area contributed by atoms with Gasteiger partial charge in [0.25, 0.3) is 0 Å². The third-order valence-electron chi connectivity index (χ3n) is 3.78. The zero-order chi connectivity index (χ0) is 16.7. The maximum atomic E-state index is 12.1. The molecule has 23 heavy (non-hydrogen) atoms. The van der Waals surface area contributed by atoms with Crippen molar-refractivity contribution in [3.63, 3.8) is 0 Å². The molecule has 0 aromatic heterocycles. The van der Waals surface area contributed by atoms with E-state index in [0.29, 0.717) is 12.8 Å². The molecule has 2 rings (SSSR count). The van der Waals surface area contributed by atoms with Crippen LogP contribution >= 0.6 is 0 Å². The molecule has 1 N–H and O–H groups in total. The maximum absolute atomic E-state index is 12.1. The van der Waals surface area contributed by atoms with Gasteiger partial charge in [-0.05, 0) is 37.1 Å². The van der Waals surface area contributed by atoms with Crippen LogP contribution in [0.4, 0.5) is 0 Å². The minimum absolute atomic E-state index is 0.0271. The number of methoxy groups -OCH3 is 2. The smallest absolute Gasteiger partial charge is 0.220 e. The van der Waals surface area contributed by atoms with Crippen molar-refractivity contribution in [1.29, 1.82) is 0 Å². The van der Waals surface area contributed by atoms with Crippen molar-refractivity contribution in [2.45, 2.75) is 25.8 Å². The molecule has 0 aliphatic heterocycles. The molecule has 1 atom stereocenters. The van der Waals surface area contributed by atoms with Gasteiger partial charge in [0.2, 0.25) is 5.91 Å². The van der Waals surface area contributed by atoms with E-state index in [9.17, 15) is 4.79 Å². The Labute approximate surface area is 137 Å². The molecule has 0 heterocycles. The molecule has 122 valence electrons. The number of ether oxygens (including phenoxy) is 2. The molecule has 0 spiro atoms. The molecular weight excluding hydrogens is 290 g/mol. The molecule has 0 aliphatic rings. The summed E-state index contributed by atoms with van der Waals surface area (Å²) in [5.74, 6) is 1.64. The molecule has 0 saturated carbocycles. The first kappa shape index (κ1) is 16.9. The van der Waals surface area contributed by atoms with Gasteiger partial charge < -0.3 is 14.8 Å². The lowest BCUT2D eigenvalue weighted by Gasteiger charge is -2.17. The standard InChI is InChI=1S/C19H23NO3/c1-14(17-6-4-5-7-18(17)23-3)20-19(21)13-10-15-8-11-16(22-2)12-9-15/h4-9,11-12,14H,10,13H2,1-3H3,(H,20,21)/t14-/m0/s1. The van der Waals surface area contributed by atoms with Crippen molar-refractivity contribution in [3.05, 3.63) is 59.7 Å². The summed E-state index contributed by atoms with van der Waals surface area (Å²) in [5.41, 5.74) is 2.10. The summed E-state index contributed by atoms with van der Waals surface area (Å²) in [5, 5.41) is 3.02. The van der Waals surface area contributed by atoms with E-state index < -0.39 is 0 Å². The van der Waals surface area contributed by atoms with Gasteiger partial charge in [-0.1, -0.05) is 30.3 Å². The van der Waals surface area contributed by atoms with Gasteiger partial charge in [-0.25, -0.2) is 0 Å². The fourth-order valence-electron chi connectivity index (χ4n) is 2.47. The molecule has 0 saturated heterocycles. The lowest BCUT2D eigenvalue weighted by Crippen LogP contribution is -2.27. The lowest BCUT2D eigenvalue weighted by molar-refractivity contribution is -0.121. The summed E-state index contributed by atoms with van der Waals surface area (Å²) in [7, 11) is 3.28. The minimum atomic E-state index is -0.0884. The monoisotopic (exact) mass is 313 g/mol. The quantitative estimate of drug-likeness (QED) is 0.851. The molecule has 0 aliphatic carbocycles. The molecular formula is C19H23NO3. The Hall–Kier alpha value is -2.49. The van der Waals surface area contributed by atoms with Gasteiger partial charge >= 0.3 is 0 Å². The van der Waals surface area contributed by atoms with Crippen LogP contribution in [0.5, 0.6) is 11.5 Å². The molecule has 4 heteroatoms. The molecule has 4 nitrogen and oxygen atoms in total. The van der Waals surface area contributed by atoms with Gasteiger partial charge in [0.15, 0.2) is 0 Å². The van der Waals surface area contributed by atoms with E-state index in [1.165, 1.54) is 0 Å². The Bertz CT molecular complexity index is 637. The van der Waals surface area contributed by atoms with Crippen molar-refractivity contribution in [2.24, 2.45) is 0 Å². The maximum Gasteiger partial charge on any atom is 0.220 e. The summed E-state index contributed by atoms with van der Waals surface area (Å²) < 4.78 is 10.5. The van der Waals surface area contributed by atoms with Crippen LogP contribution in [-0.4, -0.2) is 20.1 Å². The van der Waals surface area contributed by atoms with Crippen LogP contribution in [0.15, 0.2) is 48.5 Å². The first-order chi connectivity index (χ1) is 11.1. The number of carbonyl (C=O) groups excluding carboxylic acids is 1. The van der Waals surface area contributed by atoms with Crippen LogP contribution in [0.2, 0.25) is 0 Å². The first-order valence-corrected chi connectivity index (χ1v) is 7.69. The Morgan fingerprint density at radius 1 is 1.04 bits per heavy atom. The van der Waals surface area contributed by atoms with E-state index in [1.54, 1.807) is 14.2 Å². The first-order valence-electron chi connectivity index (χ1n) is 7.69. The zero-order valence-electron chi connectivity index (χ0n) is 13.8. The molecule has 0 radical (unpaired) electrons. The molecule has 2 aromatic carbocycles. The van der Waals surface area contributed by atoms with Crippen molar-refractivity contribution in [3.8, 4) is 11.5 Å². The largest absolute Gasteiger partial charge is 0.497 e. The molecule has 2 aromatic rings. The van der Waals surface area contributed by atoms with Crippen molar-refractivity contribution in [2.75, 3.05) is 14.2 Å². The van der Waals surface area contributed by atoms with E-state index in [2.05, 4.69) is 5.32 Å². The number of aryl methyl sites for hydroxylation is 1. The SMILES string of the molecule is COc1ccc(CCC(=O)N[C@@H](C)c2ccccc2OC)cc1. The van der Waals surface area contributed by atoms with Gasteiger partial charge in [0.1, 0.15) is 11.5 Å². The minimum Gasteiger partial charge on any atom is -0.497 e. The van der Waals surface area contributed by atoms with Crippen LogP contribution in [0.1, 0.15) is 30.5 Å². The molecule has 0 unspecified atom stereocenters. The third-order valence-corrected chi connectivity index (χ3v) is 3.78. The van der Waals surface area contributed by atoms with Gasteiger partial charge in [0, 0.05) is 12.0 Å². The highest BCUT2D eigenvalue weighted by Crippen LogP contribution is 2.24. The summed E-state index contributed by atoms with van der Waals surface area (Å²) in [6, 6.07) is 15.4.